The van der Waals surface area contributed by atoms with Crippen LogP contribution in [-0.2, 0) is 18.5 Å². The highest BCUT2D eigenvalue weighted by Gasteiger charge is 2.29. The van der Waals surface area contributed by atoms with E-state index in [0.717, 1.165) is 5.56 Å². The lowest BCUT2D eigenvalue weighted by Crippen LogP contribution is -2.35. The lowest BCUT2D eigenvalue weighted by Gasteiger charge is -2.20. The van der Waals surface area contributed by atoms with E-state index in [-0.39, 0.29) is 17.7 Å². The number of carbonyl (C=O) groups is 1. The van der Waals surface area contributed by atoms with Crippen LogP contribution in [0.25, 0.3) is 11.5 Å². The zero-order valence-corrected chi connectivity index (χ0v) is 20.3. The van der Waals surface area contributed by atoms with Gasteiger partial charge in [0.25, 0.3) is 5.91 Å². The molecule has 8 nitrogen and oxygen atoms in total. The highest BCUT2D eigenvalue weighted by molar-refractivity contribution is 6.33. The van der Waals surface area contributed by atoms with E-state index in [0.29, 0.717) is 46.5 Å². The second-order valence-corrected chi connectivity index (χ2v) is 8.99. The van der Waals surface area contributed by atoms with Gasteiger partial charge in [0.2, 0.25) is 11.8 Å². The number of amides is 1. The van der Waals surface area contributed by atoms with Gasteiger partial charge in [-0.05, 0) is 44.0 Å². The van der Waals surface area contributed by atoms with Crippen LogP contribution in [0, 0.1) is 13.8 Å². The molecule has 2 aromatic carbocycles. The van der Waals surface area contributed by atoms with Crippen molar-refractivity contribution >= 4 is 17.5 Å². The molecule has 4 aromatic rings. The van der Waals surface area contributed by atoms with Crippen molar-refractivity contribution in [3.05, 3.63) is 87.9 Å². The number of rotatable bonds is 7. The molecule has 4 rings (SSSR count). The molecule has 1 atom stereocenters. The van der Waals surface area contributed by atoms with Crippen LogP contribution in [0.1, 0.15) is 46.1 Å². The first-order valence-electron chi connectivity index (χ1n) is 10.8. The van der Waals surface area contributed by atoms with Gasteiger partial charge in [-0.2, -0.15) is 0 Å². The third kappa shape index (κ3) is 5.03. The third-order valence-corrected chi connectivity index (χ3v) is 5.83. The molecule has 0 radical (unpaired) electrons. The fourth-order valence-electron chi connectivity index (χ4n) is 3.72. The van der Waals surface area contributed by atoms with Crippen molar-refractivity contribution in [1.29, 1.82) is 0 Å². The molecule has 0 aliphatic carbocycles. The largest absolute Gasteiger partial charge is 0.446 e. The molecule has 0 saturated carbocycles. The molecule has 0 bridgehead atoms. The summed E-state index contributed by atoms with van der Waals surface area (Å²) in [6.45, 7) is 5.75. The summed E-state index contributed by atoms with van der Waals surface area (Å²) in [5.74, 6) is 1.53. The highest BCUT2D eigenvalue weighted by atomic mass is 35.5. The molecule has 0 aliphatic heterocycles. The first kappa shape index (κ1) is 23.7. The SMILES string of the molecule is Cc1nc(CN(C)C(=O)c2ccc(Cl)c(-c3nnc([C@](C)(N)Cc4ccccc4)o3)c2)c(C)o1. The van der Waals surface area contributed by atoms with Crippen LogP contribution in [0.3, 0.4) is 0 Å². The fourth-order valence-corrected chi connectivity index (χ4v) is 3.91. The van der Waals surface area contributed by atoms with Crippen LogP contribution < -0.4 is 5.73 Å². The molecule has 176 valence electrons. The summed E-state index contributed by atoms with van der Waals surface area (Å²) in [5.41, 5.74) is 8.28. The molecule has 0 unspecified atom stereocenters. The van der Waals surface area contributed by atoms with Crippen LogP contribution in [0.5, 0.6) is 0 Å². The summed E-state index contributed by atoms with van der Waals surface area (Å²) in [7, 11) is 1.70. The van der Waals surface area contributed by atoms with E-state index in [9.17, 15) is 4.79 Å². The van der Waals surface area contributed by atoms with Gasteiger partial charge in [-0.25, -0.2) is 4.98 Å². The average Bonchev–Trinajstić information content (AvgIpc) is 3.41. The standard InChI is InChI=1S/C25H26ClN5O3/c1-15-21(28-16(2)33-15)14-31(4)23(32)18-10-11-20(26)19(12-18)22-29-30-24(34-22)25(3,27)13-17-8-6-5-7-9-17/h5-12H,13-14,27H2,1-4H3/t25-/m1/s1. The number of carbonyl (C=O) groups excluding carboxylic acids is 1. The number of nitrogens with two attached hydrogens (primary N) is 1. The first-order valence-corrected chi connectivity index (χ1v) is 11.2. The van der Waals surface area contributed by atoms with Crippen molar-refractivity contribution in [3.8, 4) is 11.5 Å². The molecule has 0 spiro atoms. The van der Waals surface area contributed by atoms with Crippen LogP contribution in [0.15, 0.2) is 57.4 Å². The second kappa shape index (κ2) is 9.40. The predicted octanol–water partition coefficient (Wildman–Crippen LogP) is 4.68. The lowest BCUT2D eigenvalue weighted by atomic mass is 9.94. The number of oxazole rings is 1. The summed E-state index contributed by atoms with van der Waals surface area (Å²) in [6.07, 6.45) is 0.521. The Morgan fingerprint density at radius 3 is 2.53 bits per heavy atom. The summed E-state index contributed by atoms with van der Waals surface area (Å²) < 4.78 is 11.4. The Morgan fingerprint density at radius 1 is 1.12 bits per heavy atom. The van der Waals surface area contributed by atoms with Crippen molar-refractivity contribution in [1.82, 2.24) is 20.1 Å². The molecular weight excluding hydrogens is 454 g/mol. The molecule has 2 N–H and O–H groups in total. The van der Waals surface area contributed by atoms with Gasteiger partial charge in [-0.1, -0.05) is 41.9 Å². The van der Waals surface area contributed by atoms with E-state index in [1.54, 1.807) is 37.1 Å². The maximum atomic E-state index is 13.1. The Hall–Kier alpha value is -3.49. The van der Waals surface area contributed by atoms with E-state index in [1.165, 1.54) is 0 Å². The number of halogens is 1. The van der Waals surface area contributed by atoms with Gasteiger partial charge >= 0.3 is 0 Å². The van der Waals surface area contributed by atoms with Gasteiger partial charge in [0, 0.05) is 19.5 Å². The maximum Gasteiger partial charge on any atom is 0.253 e. The second-order valence-electron chi connectivity index (χ2n) is 8.58. The smallest absolute Gasteiger partial charge is 0.253 e. The van der Waals surface area contributed by atoms with Gasteiger partial charge in [0.05, 0.1) is 22.7 Å². The molecule has 2 heterocycles. The number of benzene rings is 2. The fraction of sp³-hybridized carbons (Fsp3) is 0.280. The van der Waals surface area contributed by atoms with Crippen molar-refractivity contribution in [2.24, 2.45) is 5.73 Å². The maximum absolute atomic E-state index is 13.1. The van der Waals surface area contributed by atoms with E-state index >= 15 is 0 Å². The van der Waals surface area contributed by atoms with Gasteiger partial charge in [-0.3, -0.25) is 4.79 Å². The van der Waals surface area contributed by atoms with E-state index in [2.05, 4.69) is 15.2 Å². The summed E-state index contributed by atoms with van der Waals surface area (Å²) >= 11 is 6.42. The monoisotopic (exact) mass is 479 g/mol. The van der Waals surface area contributed by atoms with Crippen molar-refractivity contribution in [2.45, 2.75) is 39.3 Å². The minimum absolute atomic E-state index is 0.199. The van der Waals surface area contributed by atoms with Crippen LogP contribution >= 0.6 is 11.6 Å². The molecule has 2 aromatic heterocycles. The summed E-state index contributed by atoms with van der Waals surface area (Å²) in [5, 5.41) is 8.71. The Bertz CT molecular complexity index is 1310. The topological polar surface area (TPSA) is 111 Å². The van der Waals surface area contributed by atoms with Crippen LogP contribution in [-0.4, -0.2) is 33.0 Å². The minimum atomic E-state index is -0.875. The Labute approximate surface area is 202 Å². The Kier molecular flexibility index (Phi) is 6.54. The third-order valence-electron chi connectivity index (χ3n) is 5.50. The quantitative estimate of drug-likeness (QED) is 0.409. The number of nitrogens with zero attached hydrogens (tertiary/aromatic N) is 4. The lowest BCUT2D eigenvalue weighted by molar-refractivity contribution is 0.0783. The molecule has 1 amide bonds. The molecular formula is C25H26ClN5O3. The normalized spacial score (nSPS) is 13.0. The van der Waals surface area contributed by atoms with Crippen LogP contribution in [0.4, 0.5) is 0 Å². The van der Waals surface area contributed by atoms with E-state index in [4.69, 9.17) is 26.2 Å². The van der Waals surface area contributed by atoms with Gasteiger partial charge in [0.15, 0.2) is 5.89 Å². The molecule has 34 heavy (non-hydrogen) atoms. The van der Waals surface area contributed by atoms with E-state index in [1.807, 2.05) is 44.2 Å². The minimum Gasteiger partial charge on any atom is -0.446 e. The van der Waals surface area contributed by atoms with Gasteiger partial charge < -0.3 is 19.5 Å². The number of aromatic nitrogens is 3. The van der Waals surface area contributed by atoms with Gasteiger partial charge in [-0.15, -0.1) is 10.2 Å². The number of hydrogen-bond donors (Lipinski definition) is 1. The predicted molar refractivity (Wildman–Crippen MR) is 128 cm³/mol. The summed E-state index contributed by atoms with van der Waals surface area (Å²) in [4.78, 5) is 19.0. The van der Waals surface area contributed by atoms with Crippen molar-refractivity contribution < 1.29 is 13.6 Å². The molecule has 9 heteroatoms. The Morgan fingerprint density at radius 2 is 1.85 bits per heavy atom. The zero-order valence-electron chi connectivity index (χ0n) is 19.5. The highest BCUT2D eigenvalue weighted by Crippen LogP contribution is 2.31. The number of aryl methyl sites for hydroxylation is 2. The Balaban J connectivity index is 1.56. The van der Waals surface area contributed by atoms with E-state index < -0.39 is 5.54 Å². The number of hydrogen-bond acceptors (Lipinski definition) is 7. The molecule has 0 saturated heterocycles. The first-order chi connectivity index (χ1) is 16.1. The molecule has 0 aliphatic rings. The summed E-state index contributed by atoms with van der Waals surface area (Å²) in [6, 6.07) is 14.8. The zero-order chi connectivity index (χ0) is 24.5. The van der Waals surface area contributed by atoms with Crippen LogP contribution in [0.2, 0.25) is 5.02 Å². The molecule has 0 fully saturated rings. The van der Waals surface area contributed by atoms with Crippen molar-refractivity contribution in [3.63, 3.8) is 0 Å². The van der Waals surface area contributed by atoms with Crippen molar-refractivity contribution in [2.75, 3.05) is 7.05 Å². The van der Waals surface area contributed by atoms with Gasteiger partial charge in [0.1, 0.15) is 11.5 Å². The average molecular weight is 480 g/mol.